The molecule has 0 bridgehead atoms. The minimum Gasteiger partial charge on any atom is -0.466 e. The van der Waals surface area contributed by atoms with Gasteiger partial charge in [-0.2, -0.15) is 0 Å². The van der Waals surface area contributed by atoms with Crippen LogP contribution in [0, 0.1) is 0 Å². The molecule has 0 spiro atoms. The van der Waals surface area contributed by atoms with Crippen molar-refractivity contribution in [3.8, 4) is 0 Å². The molecule has 0 aliphatic rings. The molecule has 0 aliphatic carbocycles. The minimum absolute atomic E-state index is 0.0122. The Morgan fingerprint density at radius 1 is 0.443 bits per heavy atom. The molecule has 0 aromatic carbocycles. The Hall–Kier alpha value is -1.40. The Morgan fingerprint density at radius 3 is 1.11 bits per heavy atom. The number of nitrogens with one attached hydrogen (secondary N) is 1. The summed E-state index contributed by atoms with van der Waals surface area (Å²) in [5.74, 6) is -0.0587. The number of esters is 1. The van der Waals surface area contributed by atoms with Crippen LogP contribution in [0.5, 0.6) is 0 Å². The van der Waals surface area contributed by atoms with Crippen LogP contribution in [0.4, 0.5) is 0 Å². The first-order chi connectivity index (χ1) is 30.0. The monoisotopic (exact) mass is 862 g/mol. The third kappa shape index (κ3) is 47.9. The van der Waals surface area contributed by atoms with Gasteiger partial charge in [0.05, 0.1) is 25.4 Å². The number of hydrogen-bond acceptors (Lipinski definition) is 5. The number of unbranched alkanes of at least 4 members (excludes halogenated alkanes) is 40. The molecule has 0 aromatic heterocycles. The van der Waals surface area contributed by atoms with Crippen LogP contribution in [0.1, 0.15) is 303 Å². The van der Waals surface area contributed by atoms with Crippen LogP contribution in [-0.4, -0.2) is 47.4 Å². The van der Waals surface area contributed by atoms with Crippen molar-refractivity contribution >= 4 is 11.9 Å². The molecule has 0 aromatic rings. The number of hydrogen-bond donors (Lipinski definition) is 3. The summed E-state index contributed by atoms with van der Waals surface area (Å²) in [6.45, 7) is 4.89. The fourth-order valence-electron chi connectivity index (χ4n) is 8.58. The van der Waals surface area contributed by atoms with Crippen molar-refractivity contribution in [1.82, 2.24) is 5.32 Å². The van der Waals surface area contributed by atoms with Gasteiger partial charge in [0.1, 0.15) is 0 Å². The van der Waals surface area contributed by atoms with Gasteiger partial charge < -0.3 is 20.3 Å². The Bertz CT molecular complexity index is 909. The second-order valence-corrected chi connectivity index (χ2v) is 18.9. The van der Waals surface area contributed by atoms with Crippen LogP contribution >= 0.6 is 0 Å². The number of carbonyl (C=O) groups excluding carboxylic acids is 2. The van der Waals surface area contributed by atoms with Crippen LogP contribution < -0.4 is 5.32 Å². The van der Waals surface area contributed by atoms with E-state index in [0.29, 0.717) is 19.4 Å². The van der Waals surface area contributed by atoms with Gasteiger partial charge in [-0.15, -0.1) is 0 Å². The fourth-order valence-corrected chi connectivity index (χ4v) is 8.58. The first kappa shape index (κ1) is 59.6. The number of rotatable bonds is 51. The van der Waals surface area contributed by atoms with Gasteiger partial charge in [-0.3, -0.25) is 9.59 Å². The summed E-state index contributed by atoms with van der Waals surface area (Å²) in [7, 11) is 0. The number of carbonyl (C=O) groups is 2. The van der Waals surface area contributed by atoms with E-state index in [-0.39, 0.29) is 18.5 Å². The van der Waals surface area contributed by atoms with Gasteiger partial charge in [0.2, 0.25) is 5.91 Å². The zero-order valence-corrected chi connectivity index (χ0v) is 41.2. The van der Waals surface area contributed by atoms with E-state index in [0.717, 1.165) is 38.5 Å². The van der Waals surface area contributed by atoms with Gasteiger partial charge >= 0.3 is 5.97 Å². The van der Waals surface area contributed by atoms with Gasteiger partial charge in [0.15, 0.2) is 0 Å². The molecule has 6 nitrogen and oxygen atoms in total. The van der Waals surface area contributed by atoms with E-state index in [2.05, 4.69) is 19.2 Å². The maximum atomic E-state index is 12.4. The molecule has 362 valence electrons. The Labute approximate surface area is 380 Å². The summed E-state index contributed by atoms with van der Waals surface area (Å²) in [4.78, 5) is 24.4. The van der Waals surface area contributed by atoms with Gasteiger partial charge in [-0.05, 0) is 32.1 Å². The lowest BCUT2D eigenvalue weighted by molar-refractivity contribution is -0.143. The smallest absolute Gasteiger partial charge is 0.305 e. The van der Waals surface area contributed by atoms with Crippen LogP contribution in [0.2, 0.25) is 0 Å². The first-order valence-electron chi connectivity index (χ1n) is 27.5. The maximum Gasteiger partial charge on any atom is 0.305 e. The molecular formula is C55H107NO5. The molecule has 0 radical (unpaired) electrons. The van der Waals surface area contributed by atoms with Crippen molar-refractivity contribution in [2.45, 2.75) is 315 Å². The van der Waals surface area contributed by atoms with Crippen molar-refractivity contribution in [2.75, 3.05) is 13.2 Å². The van der Waals surface area contributed by atoms with E-state index in [9.17, 15) is 19.8 Å². The van der Waals surface area contributed by atoms with Crippen LogP contribution in [0.15, 0.2) is 12.2 Å². The average Bonchev–Trinajstić information content (AvgIpc) is 3.26. The Balaban J connectivity index is 3.37. The molecule has 1 amide bonds. The van der Waals surface area contributed by atoms with E-state index < -0.39 is 12.1 Å². The first-order valence-corrected chi connectivity index (χ1v) is 27.5. The predicted octanol–water partition coefficient (Wildman–Crippen LogP) is 16.5. The minimum atomic E-state index is -0.842. The molecule has 0 heterocycles. The van der Waals surface area contributed by atoms with Crippen molar-refractivity contribution in [3.05, 3.63) is 12.2 Å². The number of allylic oxidation sites excluding steroid dienone is 1. The van der Waals surface area contributed by atoms with Gasteiger partial charge in [0, 0.05) is 12.8 Å². The molecule has 2 unspecified atom stereocenters. The summed E-state index contributed by atoms with van der Waals surface area (Å²) in [5, 5.41) is 23.0. The molecule has 6 heteroatoms. The molecule has 0 saturated heterocycles. The van der Waals surface area contributed by atoms with Crippen LogP contribution in [-0.2, 0) is 14.3 Å². The quantitative estimate of drug-likeness (QED) is 0.0322. The highest BCUT2D eigenvalue weighted by Crippen LogP contribution is 2.17. The summed E-state index contributed by atoms with van der Waals surface area (Å²) < 4.78 is 5.48. The van der Waals surface area contributed by atoms with Crippen LogP contribution in [0.25, 0.3) is 0 Å². The third-order valence-corrected chi connectivity index (χ3v) is 12.8. The summed E-state index contributed by atoms with van der Waals surface area (Å²) in [6, 6.07) is -0.626. The lowest BCUT2D eigenvalue weighted by Gasteiger charge is -2.20. The lowest BCUT2D eigenvalue weighted by atomic mass is 10.0. The van der Waals surface area contributed by atoms with E-state index in [1.807, 2.05) is 6.08 Å². The molecule has 3 N–H and O–H groups in total. The molecule has 0 fully saturated rings. The fraction of sp³-hybridized carbons (Fsp3) is 0.927. The predicted molar refractivity (Wildman–Crippen MR) is 264 cm³/mol. The molecule has 0 saturated carbocycles. The van der Waals surface area contributed by atoms with Crippen molar-refractivity contribution in [2.24, 2.45) is 0 Å². The molecule has 0 aliphatic heterocycles. The number of aliphatic hydroxyl groups is 2. The Morgan fingerprint density at radius 2 is 0.754 bits per heavy atom. The normalized spacial score (nSPS) is 12.7. The number of amides is 1. The van der Waals surface area contributed by atoms with Gasteiger partial charge in [-0.25, -0.2) is 0 Å². The Kier molecular flexibility index (Phi) is 50.1. The largest absolute Gasteiger partial charge is 0.466 e. The molecule has 2 atom stereocenters. The topological polar surface area (TPSA) is 95.9 Å². The van der Waals surface area contributed by atoms with Gasteiger partial charge in [0.25, 0.3) is 0 Å². The van der Waals surface area contributed by atoms with Crippen molar-refractivity contribution < 1.29 is 24.5 Å². The van der Waals surface area contributed by atoms with Crippen molar-refractivity contribution in [3.63, 3.8) is 0 Å². The highest BCUT2D eigenvalue weighted by atomic mass is 16.5. The molecule has 61 heavy (non-hydrogen) atoms. The average molecular weight is 862 g/mol. The zero-order chi connectivity index (χ0) is 44.4. The summed E-state index contributed by atoms with van der Waals surface area (Å²) in [5.41, 5.74) is 0. The maximum absolute atomic E-state index is 12.4. The highest BCUT2D eigenvalue weighted by molar-refractivity contribution is 5.76. The van der Waals surface area contributed by atoms with E-state index in [1.54, 1.807) is 6.08 Å². The highest BCUT2D eigenvalue weighted by Gasteiger charge is 2.18. The standard InChI is InChI=1S/C55H107NO5/c1-3-5-7-9-11-13-15-16-26-29-33-37-41-45-49-55(60)61-50-46-42-38-34-30-27-24-22-20-18-17-19-21-23-25-28-32-36-40-44-48-54(59)56-52(51-57)53(58)47-43-39-35-31-14-12-10-8-6-4-2/h43,47,52-53,57-58H,3-42,44-46,48-51H2,1-2H3,(H,56,59)/b47-43+. The number of aliphatic hydroxyl groups excluding tert-OH is 2. The van der Waals surface area contributed by atoms with Crippen molar-refractivity contribution in [1.29, 1.82) is 0 Å². The van der Waals surface area contributed by atoms with Crippen LogP contribution in [0.3, 0.4) is 0 Å². The second-order valence-electron chi connectivity index (χ2n) is 18.9. The SMILES string of the molecule is CCCCCCCCCC/C=C/C(O)C(CO)NC(=O)CCCCCCCCCCCCCCCCCCCCCCOC(=O)CCCCCCCCCCCCCCCC. The molecule has 0 rings (SSSR count). The number of ether oxygens (including phenoxy) is 1. The van der Waals surface area contributed by atoms with Gasteiger partial charge in [-0.1, -0.05) is 270 Å². The summed E-state index contributed by atoms with van der Waals surface area (Å²) in [6.07, 6.45) is 59.4. The van der Waals surface area contributed by atoms with E-state index in [1.165, 1.54) is 238 Å². The van der Waals surface area contributed by atoms with E-state index in [4.69, 9.17) is 4.74 Å². The zero-order valence-electron chi connectivity index (χ0n) is 41.2. The third-order valence-electron chi connectivity index (χ3n) is 12.8. The second kappa shape index (κ2) is 51.2. The van der Waals surface area contributed by atoms with E-state index >= 15 is 0 Å². The lowest BCUT2D eigenvalue weighted by Crippen LogP contribution is -2.45. The summed E-state index contributed by atoms with van der Waals surface area (Å²) >= 11 is 0. The molecular weight excluding hydrogens is 755 g/mol.